The molecule has 28 heavy (non-hydrogen) atoms. The lowest BCUT2D eigenvalue weighted by molar-refractivity contribution is -0.143. The summed E-state index contributed by atoms with van der Waals surface area (Å²) in [6, 6.07) is 14.3. The molecule has 6 heteroatoms. The van der Waals surface area contributed by atoms with Gasteiger partial charge in [0, 0.05) is 13.1 Å². The van der Waals surface area contributed by atoms with E-state index in [9.17, 15) is 14.0 Å². The summed E-state index contributed by atoms with van der Waals surface area (Å²) in [7, 11) is 0. The van der Waals surface area contributed by atoms with Gasteiger partial charge in [0.05, 0.1) is 0 Å². The van der Waals surface area contributed by atoms with E-state index in [1.165, 1.54) is 17.0 Å². The van der Waals surface area contributed by atoms with Crippen molar-refractivity contribution >= 4 is 11.8 Å². The fraction of sp³-hybridized carbons (Fsp3) is 0.364. The SMILES string of the molecule is CCCNC(=O)[C@@H](CC)N(Cc1ccc(F)cc1)C(=O)COc1ccccc1. The number of ether oxygens (including phenoxy) is 1. The second-order valence-electron chi connectivity index (χ2n) is 6.46. The van der Waals surface area contributed by atoms with E-state index in [1.54, 1.807) is 24.3 Å². The number of carbonyl (C=O) groups excluding carboxylic acids is 2. The van der Waals surface area contributed by atoms with E-state index >= 15 is 0 Å². The molecule has 0 aliphatic carbocycles. The predicted octanol–water partition coefficient (Wildman–Crippen LogP) is 3.54. The number of hydrogen-bond donors (Lipinski definition) is 1. The largest absolute Gasteiger partial charge is 0.484 e. The average molecular weight is 386 g/mol. The van der Waals surface area contributed by atoms with Gasteiger partial charge in [-0.3, -0.25) is 9.59 Å². The summed E-state index contributed by atoms with van der Waals surface area (Å²) in [5.41, 5.74) is 0.746. The van der Waals surface area contributed by atoms with Crippen molar-refractivity contribution in [2.75, 3.05) is 13.2 Å². The van der Waals surface area contributed by atoms with Crippen LogP contribution in [0, 0.1) is 5.82 Å². The minimum absolute atomic E-state index is 0.178. The molecule has 0 bridgehead atoms. The highest BCUT2D eigenvalue weighted by molar-refractivity contribution is 5.88. The average Bonchev–Trinajstić information content (AvgIpc) is 2.72. The van der Waals surface area contributed by atoms with Crippen molar-refractivity contribution in [2.24, 2.45) is 0 Å². The van der Waals surface area contributed by atoms with Crippen LogP contribution < -0.4 is 10.1 Å². The van der Waals surface area contributed by atoms with Crippen molar-refractivity contribution in [3.63, 3.8) is 0 Å². The van der Waals surface area contributed by atoms with Crippen LogP contribution in [0.4, 0.5) is 4.39 Å². The number of halogens is 1. The first-order valence-electron chi connectivity index (χ1n) is 9.54. The molecule has 2 amide bonds. The van der Waals surface area contributed by atoms with Crippen LogP contribution in [0.5, 0.6) is 5.75 Å². The zero-order valence-electron chi connectivity index (χ0n) is 16.4. The Bertz CT molecular complexity index is 750. The normalized spacial score (nSPS) is 11.5. The molecule has 0 aromatic heterocycles. The van der Waals surface area contributed by atoms with E-state index in [-0.39, 0.29) is 30.8 Å². The summed E-state index contributed by atoms with van der Waals surface area (Å²) in [6.45, 7) is 4.40. The highest BCUT2D eigenvalue weighted by Gasteiger charge is 2.28. The zero-order chi connectivity index (χ0) is 20.4. The monoisotopic (exact) mass is 386 g/mol. The number of carbonyl (C=O) groups is 2. The second kappa shape index (κ2) is 11.1. The molecular weight excluding hydrogens is 359 g/mol. The molecule has 0 heterocycles. The molecule has 0 spiro atoms. The van der Waals surface area contributed by atoms with Gasteiger partial charge in [-0.25, -0.2) is 4.39 Å². The number of nitrogens with one attached hydrogen (secondary N) is 1. The maximum atomic E-state index is 13.2. The molecule has 0 unspecified atom stereocenters. The molecule has 0 fully saturated rings. The molecule has 0 saturated heterocycles. The van der Waals surface area contributed by atoms with Crippen molar-refractivity contribution in [3.8, 4) is 5.75 Å². The summed E-state index contributed by atoms with van der Waals surface area (Å²) in [6.07, 6.45) is 1.28. The molecule has 0 aliphatic rings. The molecule has 150 valence electrons. The van der Waals surface area contributed by atoms with Crippen LogP contribution in [-0.2, 0) is 16.1 Å². The van der Waals surface area contributed by atoms with Crippen LogP contribution in [0.25, 0.3) is 0 Å². The van der Waals surface area contributed by atoms with Gasteiger partial charge in [-0.15, -0.1) is 0 Å². The van der Waals surface area contributed by atoms with Crippen LogP contribution in [0.15, 0.2) is 54.6 Å². The molecule has 0 aliphatic heterocycles. The molecule has 1 atom stereocenters. The van der Waals surface area contributed by atoms with Crippen molar-refractivity contribution in [2.45, 2.75) is 39.3 Å². The number of hydrogen-bond acceptors (Lipinski definition) is 3. The first-order chi connectivity index (χ1) is 13.5. The summed E-state index contributed by atoms with van der Waals surface area (Å²) >= 11 is 0. The lowest BCUT2D eigenvalue weighted by Gasteiger charge is -2.30. The summed E-state index contributed by atoms with van der Waals surface area (Å²) in [5.74, 6) is -0.256. The number of rotatable bonds is 10. The highest BCUT2D eigenvalue weighted by Crippen LogP contribution is 2.15. The highest BCUT2D eigenvalue weighted by atomic mass is 19.1. The Hall–Kier alpha value is -2.89. The first kappa shape index (κ1) is 21.4. The third-order valence-corrected chi connectivity index (χ3v) is 4.31. The maximum Gasteiger partial charge on any atom is 0.261 e. The Balaban J connectivity index is 2.16. The fourth-order valence-electron chi connectivity index (χ4n) is 2.82. The van der Waals surface area contributed by atoms with Gasteiger partial charge in [0.25, 0.3) is 5.91 Å². The van der Waals surface area contributed by atoms with Crippen LogP contribution in [-0.4, -0.2) is 35.9 Å². The lowest BCUT2D eigenvalue weighted by atomic mass is 10.1. The minimum atomic E-state index is -0.622. The van der Waals surface area contributed by atoms with E-state index in [0.717, 1.165) is 12.0 Å². The summed E-state index contributed by atoms with van der Waals surface area (Å²) < 4.78 is 18.8. The molecule has 1 N–H and O–H groups in total. The molecule has 2 aromatic carbocycles. The second-order valence-corrected chi connectivity index (χ2v) is 6.46. The van der Waals surface area contributed by atoms with Gasteiger partial charge in [-0.2, -0.15) is 0 Å². The fourth-order valence-corrected chi connectivity index (χ4v) is 2.82. The third kappa shape index (κ3) is 6.37. The van der Waals surface area contributed by atoms with Crippen LogP contribution in [0.3, 0.4) is 0 Å². The Morgan fingerprint density at radius 2 is 1.75 bits per heavy atom. The molecule has 5 nitrogen and oxygen atoms in total. The van der Waals surface area contributed by atoms with Gasteiger partial charge >= 0.3 is 0 Å². The smallest absolute Gasteiger partial charge is 0.261 e. The van der Waals surface area contributed by atoms with E-state index in [1.807, 2.05) is 32.0 Å². The molecular formula is C22H27FN2O3. The Morgan fingerprint density at radius 3 is 2.36 bits per heavy atom. The maximum absolute atomic E-state index is 13.2. The Labute approximate surface area is 165 Å². The standard InChI is InChI=1S/C22H27FN2O3/c1-3-14-24-22(27)20(4-2)25(15-17-10-12-18(23)13-11-17)21(26)16-28-19-8-6-5-7-9-19/h5-13,20H,3-4,14-16H2,1-2H3,(H,24,27)/t20-/m1/s1. The van der Waals surface area contributed by atoms with Gasteiger partial charge < -0.3 is 15.0 Å². The quantitative estimate of drug-likeness (QED) is 0.680. The Kier molecular flexibility index (Phi) is 8.46. The van der Waals surface area contributed by atoms with Crippen LogP contribution in [0.1, 0.15) is 32.3 Å². The predicted molar refractivity (Wildman–Crippen MR) is 106 cm³/mol. The van der Waals surface area contributed by atoms with Crippen molar-refractivity contribution in [3.05, 3.63) is 66.0 Å². The van der Waals surface area contributed by atoms with Crippen molar-refractivity contribution in [1.82, 2.24) is 10.2 Å². The van der Waals surface area contributed by atoms with E-state index in [2.05, 4.69) is 5.32 Å². The van der Waals surface area contributed by atoms with Crippen LogP contribution in [0.2, 0.25) is 0 Å². The molecule has 2 rings (SSSR count). The van der Waals surface area contributed by atoms with Gasteiger partial charge in [0.15, 0.2) is 6.61 Å². The van der Waals surface area contributed by atoms with E-state index < -0.39 is 6.04 Å². The Morgan fingerprint density at radius 1 is 1.07 bits per heavy atom. The first-order valence-corrected chi connectivity index (χ1v) is 9.54. The van der Waals surface area contributed by atoms with Gasteiger partial charge in [-0.1, -0.05) is 44.2 Å². The van der Waals surface area contributed by atoms with Crippen molar-refractivity contribution < 1.29 is 18.7 Å². The van der Waals surface area contributed by atoms with Crippen molar-refractivity contribution in [1.29, 1.82) is 0 Å². The topological polar surface area (TPSA) is 58.6 Å². The number of amides is 2. The van der Waals surface area contributed by atoms with E-state index in [0.29, 0.717) is 18.7 Å². The van der Waals surface area contributed by atoms with Gasteiger partial charge in [-0.05, 0) is 42.7 Å². The number of para-hydroxylation sites is 1. The summed E-state index contributed by atoms with van der Waals surface area (Å²) in [5, 5.41) is 2.85. The lowest BCUT2D eigenvalue weighted by Crippen LogP contribution is -2.50. The van der Waals surface area contributed by atoms with Gasteiger partial charge in [0.1, 0.15) is 17.6 Å². The molecule has 0 radical (unpaired) electrons. The summed E-state index contributed by atoms with van der Waals surface area (Å²) in [4.78, 5) is 27.0. The third-order valence-electron chi connectivity index (χ3n) is 4.31. The molecule has 0 saturated carbocycles. The van der Waals surface area contributed by atoms with Crippen LogP contribution >= 0.6 is 0 Å². The molecule has 2 aromatic rings. The number of benzene rings is 2. The van der Waals surface area contributed by atoms with Gasteiger partial charge in [0.2, 0.25) is 5.91 Å². The van der Waals surface area contributed by atoms with E-state index in [4.69, 9.17) is 4.74 Å². The minimum Gasteiger partial charge on any atom is -0.484 e. The number of nitrogens with zero attached hydrogens (tertiary/aromatic N) is 1. The zero-order valence-corrected chi connectivity index (χ0v) is 16.4.